The third-order valence-electron chi connectivity index (χ3n) is 4.24. The topological polar surface area (TPSA) is 71.7 Å². The van der Waals surface area contributed by atoms with Gasteiger partial charge in [0, 0.05) is 18.7 Å². The summed E-state index contributed by atoms with van der Waals surface area (Å²) >= 11 is 12.5. The fraction of sp³-hybridized carbons (Fsp3) is 0.400. The minimum Gasteiger partial charge on any atom is -0.494 e. The number of hydrogen-bond acceptors (Lipinski definition) is 5. The molecule has 30 heavy (non-hydrogen) atoms. The van der Waals surface area contributed by atoms with Crippen molar-refractivity contribution < 1.29 is 23.4 Å². The van der Waals surface area contributed by atoms with Gasteiger partial charge in [-0.05, 0) is 32.9 Å². The smallest absolute Gasteiger partial charge is 0.334 e. The Hall–Kier alpha value is -2.45. The molecule has 10 heteroatoms. The quantitative estimate of drug-likeness (QED) is 0.317. The molecule has 0 radical (unpaired) electrons. The largest absolute Gasteiger partial charge is 0.494 e. The number of esters is 1. The van der Waals surface area contributed by atoms with Crippen LogP contribution in [-0.4, -0.2) is 35.7 Å². The van der Waals surface area contributed by atoms with Crippen molar-refractivity contribution in [2.75, 3.05) is 20.3 Å². The molecule has 0 saturated heterocycles. The molecule has 2 rings (SSSR count). The first-order valence-corrected chi connectivity index (χ1v) is 10.1. The van der Waals surface area contributed by atoms with E-state index >= 15 is 0 Å². The van der Waals surface area contributed by atoms with Crippen LogP contribution in [0.4, 0.5) is 4.39 Å². The van der Waals surface area contributed by atoms with Gasteiger partial charge < -0.3 is 14.2 Å². The SMILES string of the molecule is CCO/C(=C/C(=O)OC)COc1cc(-c2c(Cl)n(CC)n(CC)c2=O)c(F)cc1Cl. The van der Waals surface area contributed by atoms with Crippen LogP contribution in [0.1, 0.15) is 20.8 Å². The Morgan fingerprint density at radius 2 is 1.83 bits per heavy atom. The molecule has 0 N–H and O–H groups in total. The minimum atomic E-state index is -0.710. The summed E-state index contributed by atoms with van der Waals surface area (Å²) in [5.74, 6) is -1.01. The van der Waals surface area contributed by atoms with Crippen LogP contribution < -0.4 is 10.3 Å². The third-order valence-corrected chi connectivity index (χ3v) is 4.92. The highest BCUT2D eigenvalue weighted by atomic mass is 35.5. The van der Waals surface area contributed by atoms with Crippen molar-refractivity contribution in [3.8, 4) is 16.9 Å². The van der Waals surface area contributed by atoms with E-state index in [0.717, 1.165) is 12.1 Å². The second kappa shape index (κ2) is 10.5. The van der Waals surface area contributed by atoms with Gasteiger partial charge in [-0.15, -0.1) is 0 Å². The maximum Gasteiger partial charge on any atom is 0.334 e. The lowest BCUT2D eigenvalue weighted by atomic mass is 10.1. The van der Waals surface area contributed by atoms with Crippen molar-refractivity contribution in [3.05, 3.63) is 50.3 Å². The van der Waals surface area contributed by atoms with Crippen LogP contribution in [0.15, 0.2) is 28.8 Å². The molecule has 2 aromatic rings. The highest BCUT2D eigenvalue weighted by Gasteiger charge is 2.23. The number of benzene rings is 1. The van der Waals surface area contributed by atoms with E-state index in [1.54, 1.807) is 18.5 Å². The van der Waals surface area contributed by atoms with Crippen LogP contribution in [0.25, 0.3) is 11.1 Å². The molecule has 0 atom stereocenters. The first-order chi connectivity index (χ1) is 14.3. The number of rotatable bonds is 9. The van der Waals surface area contributed by atoms with Crippen molar-refractivity contribution in [3.63, 3.8) is 0 Å². The standard InChI is InChI=1S/C20H23Cl2FN2O5/c1-5-24-19(22)18(20(27)25(24)6-2)13-9-16(14(21)10-15(13)23)30-11-12(29-7-3)8-17(26)28-4/h8-10H,5-7,11H2,1-4H3/b12-8+. The predicted molar refractivity (Wildman–Crippen MR) is 113 cm³/mol. The maximum absolute atomic E-state index is 14.7. The van der Waals surface area contributed by atoms with E-state index in [9.17, 15) is 14.0 Å². The zero-order valence-corrected chi connectivity index (χ0v) is 18.6. The highest BCUT2D eigenvalue weighted by Crippen LogP contribution is 2.35. The van der Waals surface area contributed by atoms with Gasteiger partial charge in [0.1, 0.15) is 29.1 Å². The van der Waals surface area contributed by atoms with E-state index in [-0.39, 0.29) is 39.4 Å². The van der Waals surface area contributed by atoms with Crippen molar-refractivity contribution in [1.29, 1.82) is 0 Å². The Bertz CT molecular complexity index is 1010. The Morgan fingerprint density at radius 3 is 2.37 bits per heavy atom. The Kier molecular flexibility index (Phi) is 8.37. The molecule has 0 amide bonds. The molecule has 164 valence electrons. The molecule has 0 spiro atoms. The minimum absolute atomic E-state index is 0.00738. The molecule has 0 unspecified atom stereocenters. The molecule has 0 aliphatic heterocycles. The van der Waals surface area contributed by atoms with Gasteiger partial charge in [-0.3, -0.25) is 9.48 Å². The number of halogens is 3. The van der Waals surface area contributed by atoms with Crippen molar-refractivity contribution in [1.82, 2.24) is 9.36 Å². The lowest BCUT2D eigenvalue weighted by Crippen LogP contribution is -2.22. The van der Waals surface area contributed by atoms with Crippen LogP contribution in [0.2, 0.25) is 10.2 Å². The Labute approximate surface area is 183 Å². The summed E-state index contributed by atoms with van der Waals surface area (Å²) in [5.41, 5.74) is -0.430. The number of aromatic nitrogens is 2. The van der Waals surface area contributed by atoms with E-state index in [0.29, 0.717) is 19.7 Å². The van der Waals surface area contributed by atoms with Gasteiger partial charge in [-0.25, -0.2) is 13.9 Å². The third kappa shape index (κ3) is 4.99. The number of hydrogen-bond donors (Lipinski definition) is 0. The first kappa shape index (κ1) is 23.8. The molecule has 0 bridgehead atoms. The molecule has 0 aliphatic rings. The van der Waals surface area contributed by atoms with Gasteiger partial charge in [0.2, 0.25) is 0 Å². The summed E-state index contributed by atoms with van der Waals surface area (Å²) in [6.45, 7) is 6.33. The first-order valence-electron chi connectivity index (χ1n) is 9.31. The molecule has 0 aliphatic carbocycles. The molecular formula is C20H23Cl2FN2O5. The van der Waals surface area contributed by atoms with Crippen molar-refractivity contribution in [2.24, 2.45) is 0 Å². The Balaban J connectivity index is 2.47. The van der Waals surface area contributed by atoms with Crippen LogP contribution in [-0.2, 0) is 27.4 Å². The summed E-state index contributed by atoms with van der Waals surface area (Å²) in [4.78, 5) is 24.3. The number of methoxy groups -OCH3 is 1. The summed E-state index contributed by atoms with van der Waals surface area (Å²) in [7, 11) is 1.24. The zero-order valence-electron chi connectivity index (χ0n) is 17.1. The van der Waals surface area contributed by atoms with Crippen LogP contribution in [0.3, 0.4) is 0 Å². The van der Waals surface area contributed by atoms with Crippen molar-refractivity contribution >= 4 is 29.2 Å². The van der Waals surface area contributed by atoms with Gasteiger partial charge >= 0.3 is 5.97 Å². The van der Waals surface area contributed by atoms with E-state index in [1.807, 2.05) is 6.92 Å². The maximum atomic E-state index is 14.7. The number of nitrogens with zero attached hydrogens (tertiary/aromatic N) is 2. The lowest BCUT2D eigenvalue weighted by Gasteiger charge is -2.13. The van der Waals surface area contributed by atoms with E-state index in [2.05, 4.69) is 4.74 Å². The molecule has 1 aromatic heterocycles. The Morgan fingerprint density at radius 1 is 1.17 bits per heavy atom. The average Bonchev–Trinajstić information content (AvgIpc) is 2.96. The predicted octanol–water partition coefficient (Wildman–Crippen LogP) is 4.27. The number of ether oxygens (including phenoxy) is 3. The van der Waals surface area contributed by atoms with E-state index < -0.39 is 17.3 Å². The molecule has 1 aromatic carbocycles. The summed E-state index contributed by atoms with van der Waals surface area (Å²) in [6.07, 6.45) is 1.14. The van der Waals surface area contributed by atoms with E-state index in [4.69, 9.17) is 32.7 Å². The monoisotopic (exact) mass is 460 g/mol. The number of carbonyl (C=O) groups excluding carboxylic acids is 1. The van der Waals surface area contributed by atoms with Gasteiger partial charge in [-0.2, -0.15) is 0 Å². The van der Waals surface area contributed by atoms with Crippen LogP contribution in [0.5, 0.6) is 5.75 Å². The normalized spacial score (nSPS) is 11.5. The fourth-order valence-electron chi connectivity index (χ4n) is 2.89. The molecular weight excluding hydrogens is 438 g/mol. The van der Waals surface area contributed by atoms with Crippen molar-refractivity contribution in [2.45, 2.75) is 33.9 Å². The summed E-state index contributed by atoms with van der Waals surface area (Å²) in [5, 5.41) is 0.115. The van der Waals surface area contributed by atoms with E-state index in [1.165, 1.54) is 17.9 Å². The fourth-order valence-corrected chi connectivity index (χ4v) is 3.49. The van der Waals surface area contributed by atoms with Gasteiger partial charge in [0.25, 0.3) is 5.56 Å². The molecule has 0 fully saturated rings. The molecule has 1 heterocycles. The zero-order chi connectivity index (χ0) is 22.4. The highest BCUT2D eigenvalue weighted by molar-refractivity contribution is 6.33. The summed E-state index contributed by atoms with van der Waals surface area (Å²) in [6, 6.07) is 2.36. The number of carbonyl (C=O) groups is 1. The second-order valence-electron chi connectivity index (χ2n) is 6.02. The molecule has 7 nitrogen and oxygen atoms in total. The van der Waals surface area contributed by atoms with Crippen LogP contribution in [0, 0.1) is 5.82 Å². The molecule has 0 saturated carbocycles. The van der Waals surface area contributed by atoms with Gasteiger partial charge in [0.15, 0.2) is 0 Å². The van der Waals surface area contributed by atoms with Gasteiger partial charge in [-0.1, -0.05) is 23.2 Å². The second-order valence-corrected chi connectivity index (χ2v) is 6.79. The van der Waals surface area contributed by atoms with Crippen LogP contribution >= 0.6 is 23.2 Å². The lowest BCUT2D eigenvalue weighted by molar-refractivity contribution is -0.135. The van der Waals surface area contributed by atoms with Gasteiger partial charge in [0.05, 0.1) is 30.4 Å². The summed E-state index contributed by atoms with van der Waals surface area (Å²) < 4.78 is 33.3. The average molecular weight is 461 g/mol.